The highest BCUT2D eigenvalue weighted by atomic mass is 16.6. The summed E-state index contributed by atoms with van der Waals surface area (Å²) in [5.41, 5.74) is 2.53. The summed E-state index contributed by atoms with van der Waals surface area (Å²) in [6.07, 6.45) is 0. The molecule has 0 saturated carbocycles. The van der Waals surface area contributed by atoms with Crippen LogP contribution in [0, 0.1) is 5.41 Å². The van der Waals surface area contributed by atoms with Crippen molar-refractivity contribution in [1.29, 1.82) is 0 Å². The largest absolute Gasteiger partial charge is 0.486 e. The molecule has 0 atom stereocenters. The van der Waals surface area contributed by atoms with Crippen LogP contribution in [0.25, 0.3) is 5.57 Å². The molecule has 2 nitrogen and oxygen atoms in total. The smallest absolute Gasteiger partial charge is 0.407 e. The van der Waals surface area contributed by atoms with Crippen molar-refractivity contribution in [3.63, 3.8) is 0 Å². The van der Waals surface area contributed by atoms with Crippen molar-refractivity contribution in [2.24, 2.45) is 5.41 Å². The van der Waals surface area contributed by atoms with Gasteiger partial charge in [0.1, 0.15) is 0 Å². The van der Waals surface area contributed by atoms with Gasteiger partial charge in [-0.1, -0.05) is 55.7 Å². The van der Waals surface area contributed by atoms with Crippen molar-refractivity contribution in [3.8, 4) is 0 Å². The fourth-order valence-corrected chi connectivity index (χ4v) is 1.80. The van der Waals surface area contributed by atoms with Crippen molar-refractivity contribution >= 4 is 12.7 Å². The van der Waals surface area contributed by atoms with Crippen LogP contribution in [0.3, 0.4) is 0 Å². The molecule has 17 heavy (non-hydrogen) atoms. The Balaban J connectivity index is 2.01. The van der Waals surface area contributed by atoms with E-state index in [0.717, 1.165) is 13.2 Å². The van der Waals surface area contributed by atoms with Crippen LogP contribution in [0.1, 0.15) is 26.3 Å². The molecule has 1 fully saturated rings. The third-order valence-electron chi connectivity index (χ3n) is 2.89. The molecule has 90 valence electrons. The zero-order valence-electron chi connectivity index (χ0n) is 10.8. The first-order chi connectivity index (χ1) is 8.07. The monoisotopic (exact) mass is 230 g/mol. The van der Waals surface area contributed by atoms with Crippen LogP contribution >= 0.6 is 0 Å². The molecule has 1 aliphatic heterocycles. The lowest BCUT2D eigenvalue weighted by Gasteiger charge is -2.32. The van der Waals surface area contributed by atoms with E-state index in [0.29, 0.717) is 0 Å². The van der Waals surface area contributed by atoms with Gasteiger partial charge < -0.3 is 9.31 Å². The summed E-state index contributed by atoms with van der Waals surface area (Å²) in [5.74, 6) is 2.05. The van der Waals surface area contributed by atoms with Gasteiger partial charge in [-0.05, 0) is 12.5 Å². The summed E-state index contributed by atoms with van der Waals surface area (Å²) in [7, 11) is -0.205. The third kappa shape index (κ3) is 3.45. The molecule has 0 bridgehead atoms. The van der Waals surface area contributed by atoms with Crippen molar-refractivity contribution in [2.45, 2.75) is 20.8 Å². The Bertz CT molecular complexity index is 388. The molecule has 1 aromatic rings. The molecule has 0 aromatic heterocycles. The summed E-state index contributed by atoms with van der Waals surface area (Å²) in [5, 5.41) is 0. The van der Waals surface area contributed by atoms with Crippen LogP contribution in [0.5, 0.6) is 0 Å². The van der Waals surface area contributed by atoms with Gasteiger partial charge in [0.15, 0.2) is 0 Å². The maximum Gasteiger partial charge on any atom is 0.486 e. The first-order valence-electron chi connectivity index (χ1n) is 6.04. The van der Waals surface area contributed by atoms with Crippen molar-refractivity contribution in [3.05, 3.63) is 41.9 Å². The van der Waals surface area contributed by atoms with Gasteiger partial charge in [-0.15, -0.1) is 0 Å². The Morgan fingerprint density at radius 2 is 1.76 bits per heavy atom. The van der Waals surface area contributed by atoms with Gasteiger partial charge in [-0.2, -0.15) is 0 Å². The van der Waals surface area contributed by atoms with Crippen molar-refractivity contribution in [1.82, 2.24) is 0 Å². The molecule has 0 unspecified atom stereocenters. The zero-order chi connectivity index (χ0) is 12.3. The SMILES string of the molecule is C/C(=C\B1OCC(C)(C)CO1)c1ccccc1. The molecule has 2 rings (SSSR count). The lowest BCUT2D eigenvalue weighted by Crippen LogP contribution is -2.39. The minimum atomic E-state index is -0.205. The molecule has 1 aromatic carbocycles. The third-order valence-corrected chi connectivity index (χ3v) is 2.89. The van der Waals surface area contributed by atoms with Crippen LogP contribution < -0.4 is 0 Å². The highest BCUT2D eigenvalue weighted by Crippen LogP contribution is 2.23. The minimum Gasteiger partial charge on any atom is -0.407 e. The van der Waals surface area contributed by atoms with Crippen molar-refractivity contribution < 1.29 is 9.31 Å². The van der Waals surface area contributed by atoms with E-state index in [1.54, 1.807) is 0 Å². The Morgan fingerprint density at radius 1 is 1.18 bits per heavy atom. The van der Waals surface area contributed by atoms with Gasteiger partial charge in [0.2, 0.25) is 0 Å². The number of rotatable bonds is 2. The summed E-state index contributed by atoms with van der Waals surface area (Å²) < 4.78 is 11.4. The van der Waals surface area contributed by atoms with Gasteiger partial charge in [0.05, 0.1) is 0 Å². The topological polar surface area (TPSA) is 18.5 Å². The first kappa shape index (κ1) is 12.4. The molecular formula is C14H19BO2. The fourth-order valence-electron chi connectivity index (χ4n) is 1.80. The van der Waals surface area contributed by atoms with Crippen LogP contribution in [-0.2, 0) is 9.31 Å². The van der Waals surface area contributed by atoms with Gasteiger partial charge in [-0.3, -0.25) is 0 Å². The van der Waals surface area contributed by atoms with E-state index in [9.17, 15) is 0 Å². The highest BCUT2D eigenvalue weighted by molar-refractivity contribution is 6.52. The first-order valence-corrected chi connectivity index (χ1v) is 6.04. The summed E-state index contributed by atoms with van der Waals surface area (Å²) in [4.78, 5) is 0. The summed E-state index contributed by atoms with van der Waals surface area (Å²) in [6, 6.07) is 10.3. The summed E-state index contributed by atoms with van der Waals surface area (Å²) in [6.45, 7) is 7.88. The highest BCUT2D eigenvalue weighted by Gasteiger charge is 2.30. The average molecular weight is 230 g/mol. The van der Waals surface area contributed by atoms with Crippen LogP contribution in [0.15, 0.2) is 36.3 Å². The standard InChI is InChI=1S/C14H19BO2/c1-12(13-7-5-4-6-8-13)9-15-16-10-14(2,3)11-17-15/h4-9H,10-11H2,1-3H3/b12-9+. The molecule has 0 amide bonds. The number of hydrogen-bond acceptors (Lipinski definition) is 2. The average Bonchev–Trinajstić information content (AvgIpc) is 2.33. The predicted octanol–water partition coefficient (Wildman–Crippen LogP) is 3.19. The van der Waals surface area contributed by atoms with E-state index < -0.39 is 0 Å². The Morgan fingerprint density at radius 3 is 2.35 bits per heavy atom. The van der Waals surface area contributed by atoms with E-state index in [4.69, 9.17) is 9.31 Å². The molecule has 1 saturated heterocycles. The van der Waals surface area contributed by atoms with Crippen molar-refractivity contribution in [2.75, 3.05) is 13.2 Å². The zero-order valence-corrected chi connectivity index (χ0v) is 10.8. The lowest BCUT2D eigenvalue weighted by atomic mass is 9.81. The number of benzene rings is 1. The molecule has 0 radical (unpaired) electrons. The normalized spacial score (nSPS) is 20.4. The van der Waals surface area contributed by atoms with E-state index in [-0.39, 0.29) is 12.5 Å². The minimum absolute atomic E-state index is 0.130. The number of hydrogen-bond donors (Lipinski definition) is 0. The molecule has 3 heteroatoms. The molecule has 0 N–H and O–H groups in total. The second-order valence-electron chi connectivity index (χ2n) is 5.37. The van der Waals surface area contributed by atoms with E-state index in [1.807, 2.05) is 24.2 Å². The quantitative estimate of drug-likeness (QED) is 0.726. The molecule has 0 spiro atoms. The predicted molar refractivity (Wildman–Crippen MR) is 71.5 cm³/mol. The van der Waals surface area contributed by atoms with Crippen LogP contribution in [0.4, 0.5) is 0 Å². The maximum absolute atomic E-state index is 5.69. The molecule has 0 aliphatic carbocycles. The summed E-state index contributed by atoms with van der Waals surface area (Å²) >= 11 is 0. The Kier molecular flexibility index (Phi) is 3.70. The van der Waals surface area contributed by atoms with Gasteiger partial charge >= 0.3 is 7.12 Å². The maximum atomic E-state index is 5.69. The van der Waals surface area contributed by atoms with Crippen LogP contribution in [-0.4, -0.2) is 20.3 Å². The lowest BCUT2D eigenvalue weighted by molar-refractivity contribution is 0.0336. The Labute approximate surface area is 104 Å². The van der Waals surface area contributed by atoms with Gasteiger partial charge in [0.25, 0.3) is 0 Å². The van der Waals surface area contributed by atoms with E-state index >= 15 is 0 Å². The van der Waals surface area contributed by atoms with Gasteiger partial charge in [-0.25, -0.2) is 0 Å². The van der Waals surface area contributed by atoms with E-state index in [2.05, 4.69) is 32.9 Å². The molecule has 1 aliphatic rings. The van der Waals surface area contributed by atoms with Gasteiger partial charge in [0, 0.05) is 18.6 Å². The second-order valence-corrected chi connectivity index (χ2v) is 5.37. The Hall–Kier alpha value is -1.06. The van der Waals surface area contributed by atoms with Crippen LogP contribution in [0.2, 0.25) is 0 Å². The number of allylic oxidation sites excluding steroid dienone is 1. The second kappa shape index (κ2) is 5.07. The molecular weight excluding hydrogens is 211 g/mol. The fraction of sp³-hybridized carbons (Fsp3) is 0.429. The molecule has 1 heterocycles. The van der Waals surface area contributed by atoms with E-state index in [1.165, 1.54) is 11.1 Å².